The molecule has 0 spiro atoms. The van der Waals surface area contributed by atoms with Gasteiger partial charge in [0, 0.05) is 10.6 Å². The fourth-order valence-electron chi connectivity index (χ4n) is 2.14. The maximum absolute atomic E-state index is 12.3. The van der Waals surface area contributed by atoms with Crippen molar-refractivity contribution >= 4 is 34.9 Å². The largest absolute Gasteiger partial charge is 0.465 e. The zero-order valence-electron chi connectivity index (χ0n) is 11.6. The number of anilines is 1. The molecular weight excluding hydrogens is 294 g/mol. The lowest BCUT2D eigenvalue weighted by molar-refractivity contribution is -0.149. The maximum atomic E-state index is 12.3. The number of ketones is 1. The van der Waals surface area contributed by atoms with Crippen molar-refractivity contribution in [3.63, 3.8) is 0 Å². The first kappa shape index (κ1) is 15.5. The summed E-state index contributed by atoms with van der Waals surface area (Å²) in [7, 11) is 0. The van der Waals surface area contributed by atoms with Gasteiger partial charge in [-0.2, -0.15) is 0 Å². The molecule has 0 aliphatic carbocycles. The van der Waals surface area contributed by atoms with Gasteiger partial charge in [-0.1, -0.05) is 31.4 Å². The Bertz CT molecular complexity index is 585. The Kier molecular flexibility index (Phi) is 4.96. The summed E-state index contributed by atoms with van der Waals surface area (Å²) in [6, 6.07) is 4.52. The average molecular weight is 310 g/mol. The van der Waals surface area contributed by atoms with Crippen molar-refractivity contribution in [3.8, 4) is 0 Å². The monoisotopic (exact) mass is 309 g/mol. The van der Waals surface area contributed by atoms with Gasteiger partial charge >= 0.3 is 5.97 Å². The van der Waals surface area contributed by atoms with Crippen LogP contribution in [0.3, 0.4) is 0 Å². The number of carbonyl (C=O) groups excluding carboxylic acids is 3. The Hall–Kier alpha value is -1.88. The fraction of sp³-hybridized carbons (Fsp3) is 0.400. The number of hydrogen-bond acceptors (Lipinski definition) is 4. The molecule has 5 nitrogen and oxygen atoms in total. The first-order valence-corrected chi connectivity index (χ1v) is 7.23. The summed E-state index contributed by atoms with van der Waals surface area (Å²) in [6.07, 6.45) is 2.64. The third kappa shape index (κ3) is 3.42. The van der Waals surface area contributed by atoms with E-state index in [9.17, 15) is 14.4 Å². The lowest BCUT2D eigenvalue weighted by atomic mass is 9.92. The highest BCUT2D eigenvalue weighted by atomic mass is 35.5. The molecule has 1 aliphatic rings. The molecule has 2 rings (SSSR count). The molecule has 0 saturated carbocycles. The van der Waals surface area contributed by atoms with Crippen LogP contribution in [0.1, 0.15) is 36.5 Å². The van der Waals surface area contributed by atoms with Crippen molar-refractivity contribution in [1.82, 2.24) is 0 Å². The molecule has 1 heterocycles. The Morgan fingerprint density at radius 1 is 1.33 bits per heavy atom. The number of carbonyl (C=O) groups is 3. The molecule has 0 saturated heterocycles. The Morgan fingerprint density at radius 2 is 2.10 bits per heavy atom. The molecule has 1 aromatic carbocycles. The standard InChI is InChI=1S/C15H16ClNO4/c1-2-3-4-7-21-15(20)12-13(18)10-6-5-9(16)8-11(10)17-14(12)19/h5-6,8,12H,2-4,7H2,1H3,(H,17,19). The van der Waals surface area contributed by atoms with Crippen LogP contribution in [0.2, 0.25) is 5.02 Å². The van der Waals surface area contributed by atoms with Crippen molar-refractivity contribution in [2.24, 2.45) is 5.92 Å². The summed E-state index contributed by atoms with van der Waals surface area (Å²) < 4.78 is 5.02. The van der Waals surface area contributed by atoms with E-state index in [2.05, 4.69) is 5.32 Å². The number of benzene rings is 1. The van der Waals surface area contributed by atoms with Crippen LogP contribution in [0.5, 0.6) is 0 Å². The van der Waals surface area contributed by atoms with Gasteiger partial charge in [0.25, 0.3) is 0 Å². The number of hydrogen-bond donors (Lipinski definition) is 1. The highest BCUT2D eigenvalue weighted by Crippen LogP contribution is 2.29. The zero-order chi connectivity index (χ0) is 15.4. The Balaban J connectivity index is 2.11. The van der Waals surface area contributed by atoms with Crippen LogP contribution in [0.25, 0.3) is 0 Å². The summed E-state index contributed by atoms with van der Waals surface area (Å²) in [4.78, 5) is 36.1. The fourth-order valence-corrected chi connectivity index (χ4v) is 2.31. The highest BCUT2D eigenvalue weighted by molar-refractivity contribution is 6.33. The number of nitrogens with one attached hydrogen (secondary N) is 1. The minimum absolute atomic E-state index is 0.219. The number of amides is 1. The third-order valence-electron chi connectivity index (χ3n) is 3.26. The van der Waals surface area contributed by atoms with Gasteiger partial charge in [0.1, 0.15) is 0 Å². The van der Waals surface area contributed by atoms with Gasteiger partial charge in [0.05, 0.1) is 12.3 Å². The van der Waals surface area contributed by atoms with Crippen LogP contribution >= 0.6 is 11.6 Å². The highest BCUT2D eigenvalue weighted by Gasteiger charge is 2.40. The van der Waals surface area contributed by atoms with E-state index in [1.807, 2.05) is 6.92 Å². The smallest absolute Gasteiger partial charge is 0.326 e. The third-order valence-corrected chi connectivity index (χ3v) is 3.49. The molecule has 0 bridgehead atoms. The van der Waals surface area contributed by atoms with Crippen molar-refractivity contribution < 1.29 is 19.1 Å². The van der Waals surface area contributed by atoms with Crippen LogP contribution < -0.4 is 5.32 Å². The van der Waals surface area contributed by atoms with E-state index in [1.54, 1.807) is 6.07 Å². The van der Waals surface area contributed by atoms with Crippen LogP contribution in [-0.4, -0.2) is 24.3 Å². The summed E-state index contributed by atoms with van der Waals surface area (Å²) >= 11 is 5.81. The molecule has 0 radical (unpaired) electrons. The van der Waals surface area contributed by atoms with E-state index < -0.39 is 23.6 Å². The van der Waals surface area contributed by atoms with Gasteiger partial charge in [-0.05, 0) is 24.6 Å². The first-order valence-electron chi connectivity index (χ1n) is 6.86. The van der Waals surface area contributed by atoms with Gasteiger partial charge in [-0.25, -0.2) is 0 Å². The number of rotatable bonds is 5. The number of halogens is 1. The molecular formula is C15H16ClNO4. The van der Waals surface area contributed by atoms with Crippen LogP contribution in [-0.2, 0) is 14.3 Å². The first-order chi connectivity index (χ1) is 10.0. The lowest BCUT2D eigenvalue weighted by Gasteiger charge is -2.22. The van der Waals surface area contributed by atoms with Crippen molar-refractivity contribution in [1.29, 1.82) is 0 Å². The molecule has 0 aromatic heterocycles. The summed E-state index contributed by atoms with van der Waals surface area (Å²) in [5, 5.41) is 2.92. The predicted octanol–water partition coefficient (Wildman–Crippen LogP) is 2.82. The second-order valence-corrected chi connectivity index (χ2v) is 5.29. The SMILES string of the molecule is CCCCCOC(=O)C1C(=O)Nc2cc(Cl)ccc2C1=O. The number of fused-ring (bicyclic) bond motifs is 1. The molecule has 1 aliphatic heterocycles. The molecule has 0 fully saturated rings. The van der Waals surface area contributed by atoms with Crippen molar-refractivity contribution in [2.45, 2.75) is 26.2 Å². The molecule has 1 aromatic rings. The van der Waals surface area contributed by atoms with Crippen LogP contribution in [0, 0.1) is 5.92 Å². The molecule has 21 heavy (non-hydrogen) atoms. The number of Topliss-reactive ketones (excluding diaryl/α,β-unsaturated/α-hetero) is 1. The predicted molar refractivity (Wildman–Crippen MR) is 78.4 cm³/mol. The summed E-state index contributed by atoms with van der Waals surface area (Å²) in [5.41, 5.74) is 0.599. The maximum Gasteiger partial charge on any atom is 0.326 e. The average Bonchev–Trinajstić information content (AvgIpc) is 2.43. The molecule has 1 amide bonds. The van der Waals surface area contributed by atoms with Crippen LogP contribution in [0.4, 0.5) is 5.69 Å². The zero-order valence-corrected chi connectivity index (χ0v) is 12.4. The van der Waals surface area contributed by atoms with Crippen LogP contribution in [0.15, 0.2) is 18.2 Å². The normalized spacial score (nSPS) is 17.1. The van der Waals surface area contributed by atoms with Gasteiger partial charge in [-0.15, -0.1) is 0 Å². The van der Waals surface area contributed by atoms with Crippen molar-refractivity contribution in [3.05, 3.63) is 28.8 Å². The van der Waals surface area contributed by atoms with E-state index in [0.717, 1.165) is 19.3 Å². The quantitative estimate of drug-likeness (QED) is 0.516. The Labute approximate surface area is 127 Å². The molecule has 1 N–H and O–H groups in total. The molecule has 112 valence electrons. The van der Waals surface area contributed by atoms with Crippen molar-refractivity contribution in [2.75, 3.05) is 11.9 Å². The van der Waals surface area contributed by atoms with E-state index in [1.165, 1.54) is 12.1 Å². The molecule has 1 atom stereocenters. The van der Waals surface area contributed by atoms with E-state index in [4.69, 9.17) is 16.3 Å². The van der Waals surface area contributed by atoms with E-state index >= 15 is 0 Å². The number of unbranched alkanes of at least 4 members (excludes halogenated alkanes) is 2. The van der Waals surface area contributed by atoms with Gasteiger partial charge in [0.15, 0.2) is 11.7 Å². The molecule has 1 unspecified atom stereocenters. The van der Waals surface area contributed by atoms with Gasteiger partial charge < -0.3 is 10.1 Å². The van der Waals surface area contributed by atoms with Gasteiger partial charge in [-0.3, -0.25) is 14.4 Å². The topological polar surface area (TPSA) is 72.5 Å². The number of esters is 1. The summed E-state index contributed by atoms with van der Waals surface area (Å²) in [6.45, 7) is 2.25. The second kappa shape index (κ2) is 6.72. The minimum atomic E-state index is -1.43. The minimum Gasteiger partial charge on any atom is -0.465 e. The lowest BCUT2D eigenvalue weighted by Crippen LogP contribution is -2.41. The summed E-state index contributed by atoms with van der Waals surface area (Å²) in [5.74, 6) is -3.45. The van der Waals surface area contributed by atoms with E-state index in [0.29, 0.717) is 10.7 Å². The van der Waals surface area contributed by atoms with Gasteiger partial charge in [0.2, 0.25) is 5.91 Å². The number of ether oxygens (including phenoxy) is 1. The molecule has 6 heteroatoms. The second-order valence-electron chi connectivity index (χ2n) is 4.85. The Morgan fingerprint density at radius 3 is 2.81 bits per heavy atom. The van der Waals surface area contributed by atoms with E-state index in [-0.39, 0.29) is 12.2 Å².